The molecule has 0 unspecified atom stereocenters. The molecule has 33 heavy (non-hydrogen) atoms. The molecule has 3 nitrogen and oxygen atoms in total. The van der Waals surface area contributed by atoms with Crippen molar-refractivity contribution in [1.29, 1.82) is 0 Å². The summed E-state index contributed by atoms with van der Waals surface area (Å²) in [5.74, 6) is 2.74. The highest BCUT2D eigenvalue weighted by atomic mass is 16.1. The number of hydrogen-bond acceptors (Lipinski definition) is 2. The fraction of sp³-hybridized carbons (Fsp3) is 0.333. The number of carbonyl (C=O) groups is 1. The van der Waals surface area contributed by atoms with Crippen molar-refractivity contribution in [2.24, 2.45) is 17.8 Å². The van der Waals surface area contributed by atoms with Crippen LogP contribution < -0.4 is 10.6 Å². The minimum Gasteiger partial charge on any atom is -0.355 e. The molecule has 4 aliphatic carbocycles. The van der Waals surface area contributed by atoms with Crippen LogP contribution in [0.5, 0.6) is 0 Å². The Morgan fingerprint density at radius 3 is 1.94 bits per heavy atom. The summed E-state index contributed by atoms with van der Waals surface area (Å²) < 4.78 is 0. The van der Waals surface area contributed by atoms with Crippen LogP contribution in [-0.4, -0.2) is 5.91 Å². The van der Waals surface area contributed by atoms with Crippen LogP contribution in [0, 0.1) is 24.7 Å². The first-order valence-corrected chi connectivity index (χ1v) is 12.3. The molecule has 4 aliphatic rings. The standard InChI is InChI=1S/C30H31N2O/c1-20-4-2-3-5-28(20)31-26-10-6-24(7-11-26)29(33)32-27-12-8-25(9-13-27)30-17-21-14-22(18-30)16-23(15-21)19-30/h2-13,21-23,31H,1,14-19H2,(H,32,33). The van der Waals surface area contributed by atoms with Crippen LogP contribution in [0.1, 0.15) is 60.0 Å². The quantitative estimate of drug-likeness (QED) is 0.440. The Labute approximate surface area is 196 Å². The van der Waals surface area contributed by atoms with Crippen molar-refractivity contribution in [3.63, 3.8) is 0 Å². The van der Waals surface area contributed by atoms with E-state index in [1.807, 2.05) is 48.5 Å². The van der Waals surface area contributed by atoms with E-state index in [1.165, 1.54) is 44.1 Å². The zero-order chi connectivity index (χ0) is 22.4. The lowest BCUT2D eigenvalue weighted by Gasteiger charge is -2.57. The van der Waals surface area contributed by atoms with Gasteiger partial charge in [0.15, 0.2) is 0 Å². The van der Waals surface area contributed by atoms with E-state index in [0.29, 0.717) is 11.0 Å². The molecule has 0 aliphatic heterocycles. The SMILES string of the molecule is [CH2]c1ccccc1Nc1ccc(C(=O)Nc2ccc(C34CC5CC(CC(C5)C3)C4)cc2)cc1. The van der Waals surface area contributed by atoms with Crippen molar-refractivity contribution < 1.29 is 4.79 Å². The number of carbonyl (C=O) groups excluding carboxylic acids is 1. The van der Waals surface area contributed by atoms with Gasteiger partial charge in [-0.05, 0) is 122 Å². The first kappa shape index (κ1) is 20.5. The van der Waals surface area contributed by atoms with Gasteiger partial charge in [-0.2, -0.15) is 0 Å². The molecule has 3 heteroatoms. The lowest BCUT2D eigenvalue weighted by molar-refractivity contribution is -0.00518. The normalized spacial score (nSPS) is 27.4. The second-order valence-corrected chi connectivity index (χ2v) is 10.6. The zero-order valence-corrected chi connectivity index (χ0v) is 19.0. The highest BCUT2D eigenvalue weighted by Crippen LogP contribution is 2.60. The molecule has 0 heterocycles. The van der Waals surface area contributed by atoms with E-state index in [0.717, 1.165) is 40.4 Å². The molecule has 1 amide bonds. The Bertz CT molecular complexity index is 1130. The van der Waals surface area contributed by atoms with E-state index in [-0.39, 0.29) is 5.91 Å². The van der Waals surface area contributed by atoms with Crippen molar-refractivity contribution in [2.75, 3.05) is 10.6 Å². The fourth-order valence-electron chi connectivity index (χ4n) is 7.08. The Morgan fingerprint density at radius 2 is 1.33 bits per heavy atom. The zero-order valence-electron chi connectivity index (χ0n) is 19.0. The molecule has 0 spiro atoms. The summed E-state index contributed by atoms with van der Waals surface area (Å²) in [6, 6.07) is 24.2. The number of hydrogen-bond donors (Lipinski definition) is 2. The largest absolute Gasteiger partial charge is 0.355 e. The third-order valence-corrected chi connectivity index (χ3v) is 8.24. The molecule has 2 N–H and O–H groups in total. The van der Waals surface area contributed by atoms with Crippen LogP contribution in [0.25, 0.3) is 0 Å². The summed E-state index contributed by atoms with van der Waals surface area (Å²) >= 11 is 0. The molecule has 1 radical (unpaired) electrons. The van der Waals surface area contributed by atoms with Crippen LogP contribution in [0.2, 0.25) is 0 Å². The Hall–Kier alpha value is -3.07. The molecule has 0 saturated heterocycles. The predicted molar refractivity (Wildman–Crippen MR) is 135 cm³/mol. The molecule has 7 rings (SSSR count). The van der Waals surface area contributed by atoms with Gasteiger partial charge >= 0.3 is 0 Å². The molecular weight excluding hydrogens is 404 g/mol. The van der Waals surface area contributed by atoms with Gasteiger partial charge in [-0.15, -0.1) is 0 Å². The van der Waals surface area contributed by atoms with Crippen LogP contribution in [0.4, 0.5) is 17.1 Å². The lowest BCUT2D eigenvalue weighted by Crippen LogP contribution is -2.48. The maximum Gasteiger partial charge on any atom is 0.255 e. The van der Waals surface area contributed by atoms with Crippen molar-refractivity contribution in [1.82, 2.24) is 0 Å². The van der Waals surface area contributed by atoms with Gasteiger partial charge in [0.05, 0.1) is 0 Å². The third kappa shape index (κ3) is 3.94. The number of rotatable bonds is 5. The molecule has 4 bridgehead atoms. The summed E-state index contributed by atoms with van der Waals surface area (Å²) in [4.78, 5) is 12.8. The third-order valence-electron chi connectivity index (χ3n) is 8.24. The van der Waals surface area contributed by atoms with E-state index in [9.17, 15) is 4.79 Å². The number of amides is 1. The van der Waals surface area contributed by atoms with Crippen LogP contribution in [0.15, 0.2) is 72.8 Å². The van der Waals surface area contributed by atoms with Gasteiger partial charge in [0, 0.05) is 22.6 Å². The van der Waals surface area contributed by atoms with E-state index in [2.05, 4.69) is 41.8 Å². The molecule has 4 saturated carbocycles. The van der Waals surface area contributed by atoms with Gasteiger partial charge in [-0.1, -0.05) is 30.3 Å². The van der Waals surface area contributed by atoms with Gasteiger partial charge in [0.25, 0.3) is 5.91 Å². The summed E-state index contributed by atoms with van der Waals surface area (Å²) in [7, 11) is 0. The minimum atomic E-state index is -0.0818. The van der Waals surface area contributed by atoms with E-state index in [4.69, 9.17) is 0 Å². The number of para-hydroxylation sites is 1. The maximum absolute atomic E-state index is 12.8. The van der Waals surface area contributed by atoms with E-state index >= 15 is 0 Å². The van der Waals surface area contributed by atoms with Crippen molar-refractivity contribution in [3.05, 3.63) is 96.4 Å². The number of anilines is 3. The van der Waals surface area contributed by atoms with Crippen LogP contribution in [-0.2, 0) is 5.41 Å². The Balaban J connectivity index is 1.12. The number of benzene rings is 3. The summed E-state index contributed by atoms with van der Waals surface area (Å²) in [5.41, 5.74) is 6.23. The van der Waals surface area contributed by atoms with Crippen LogP contribution in [0.3, 0.4) is 0 Å². The average molecular weight is 436 g/mol. The van der Waals surface area contributed by atoms with Crippen LogP contribution >= 0.6 is 0 Å². The molecule has 0 aromatic heterocycles. The first-order valence-electron chi connectivity index (χ1n) is 12.3. The maximum atomic E-state index is 12.8. The molecule has 3 aromatic carbocycles. The molecular formula is C30H31N2O. The van der Waals surface area contributed by atoms with Gasteiger partial charge < -0.3 is 10.6 Å². The fourth-order valence-corrected chi connectivity index (χ4v) is 7.08. The molecule has 3 aromatic rings. The highest BCUT2D eigenvalue weighted by Gasteiger charge is 2.51. The summed E-state index contributed by atoms with van der Waals surface area (Å²) in [6.07, 6.45) is 8.48. The highest BCUT2D eigenvalue weighted by molar-refractivity contribution is 6.04. The predicted octanol–water partition coefficient (Wildman–Crippen LogP) is 7.33. The Kier molecular flexibility index (Phi) is 5.01. The van der Waals surface area contributed by atoms with E-state index < -0.39 is 0 Å². The van der Waals surface area contributed by atoms with Gasteiger partial charge in [-0.25, -0.2) is 0 Å². The molecule has 0 atom stereocenters. The van der Waals surface area contributed by atoms with Gasteiger partial charge in [-0.3, -0.25) is 4.79 Å². The Morgan fingerprint density at radius 1 is 0.758 bits per heavy atom. The van der Waals surface area contributed by atoms with Crippen molar-refractivity contribution in [2.45, 2.75) is 43.9 Å². The van der Waals surface area contributed by atoms with Crippen molar-refractivity contribution >= 4 is 23.0 Å². The van der Waals surface area contributed by atoms with Gasteiger partial charge in [0.1, 0.15) is 0 Å². The molecule has 4 fully saturated rings. The van der Waals surface area contributed by atoms with Gasteiger partial charge in [0.2, 0.25) is 0 Å². The topological polar surface area (TPSA) is 41.1 Å². The average Bonchev–Trinajstić information content (AvgIpc) is 2.80. The minimum absolute atomic E-state index is 0.0818. The smallest absolute Gasteiger partial charge is 0.255 e. The first-order chi connectivity index (χ1) is 16.1. The summed E-state index contributed by atoms with van der Waals surface area (Å²) in [6.45, 7) is 4.04. The molecule has 167 valence electrons. The van der Waals surface area contributed by atoms with Crippen molar-refractivity contribution in [3.8, 4) is 0 Å². The lowest BCUT2D eigenvalue weighted by atomic mass is 9.48. The van der Waals surface area contributed by atoms with E-state index in [1.54, 1.807) is 0 Å². The monoisotopic (exact) mass is 435 g/mol. The summed E-state index contributed by atoms with van der Waals surface area (Å²) in [5, 5.41) is 6.42. The second-order valence-electron chi connectivity index (χ2n) is 10.6. The second kappa shape index (κ2) is 8.06. The number of nitrogens with one attached hydrogen (secondary N) is 2.